The van der Waals surface area contributed by atoms with Crippen molar-refractivity contribution in [2.75, 3.05) is 0 Å². The molecule has 0 aliphatic heterocycles. The molecule has 142 valence electrons. The van der Waals surface area contributed by atoms with Gasteiger partial charge in [-0.2, -0.15) is 8.42 Å². The van der Waals surface area contributed by atoms with Gasteiger partial charge in [0.25, 0.3) is 5.68 Å². The Bertz CT molecular complexity index is 1320. The number of hydrogen-bond donors (Lipinski definition) is 1. The topological polar surface area (TPSA) is 85.3 Å². The molecule has 0 amide bonds. The lowest BCUT2D eigenvalue weighted by atomic mass is 10.2. The summed E-state index contributed by atoms with van der Waals surface area (Å²) in [4.78, 5) is 0.0806. The fourth-order valence-electron chi connectivity index (χ4n) is 2.80. The van der Waals surface area contributed by atoms with E-state index in [0.717, 1.165) is 14.8 Å². The SMILES string of the molecule is Cc1ccc(S(=O)(=O)Oc2ccc3oc(=N)n(-c4ccc(I)cc4)c3c2)cc1. The van der Waals surface area contributed by atoms with E-state index in [4.69, 9.17) is 14.0 Å². The Morgan fingerprint density at radius 1 is 1.00 bits per heavy atom. The number of hydrogen-bond acceptors (Lipinski definition) is 5. The summed E-state index contributed by atoms with van der Waals surface area (Å²) in [6.07, 6.45) is 0. The maximum atomic E-state index is 12.6. The summed E-state index contributed by atoms with van der Waals surface area (Å²) in [5.74, 6) is 0.146. The number of nitrogens with zero attached hydrogens (tertiary/aromatic N) is 1. The van der Waals surface area contributed by atoms with Crippen molar-refractivity contribution in [3.05, 3.63) is 81.5 Å². The number of aryl methyl sites for hydroxylation is 1. The highest BCUT2D eigenvalue weighted by Crippen LogP contribution is 2.25. The number of aromatic nitrogens is 1. The van der Waals surface area contributed by atoms with Crippen molar-refractivity contribution in [2.45, 2.75) is 11.8 Å². The summed E-state index contributed by atoms with van der Waals surface area (Å²) in [5.41, 5.74) is 2.64. The standard InChI is InChI=1S/C20H15IN2O4S/c1-13-2-9-17(10-3-13)28(24,25)27-16-8-11-19-18(12-16)23(20(22)26-19)15-6-4-14(21)5-7-15/h2-12,22H,1H3. The Labute approximate surface area is 175 Å². The van der Waals surface area contributed by atoms with Crippen LogP contribution in [0.3, 0.4) is 0 Å². The molecule has 1 heterocycles. The second-order valence-corrected chi connectivity index (χ2v) is 8.99. The highest BCUT2D eigenvalue weighted by molar-refractivity contribution is 14.1. The molecule has 0 bridgehead atoms. The molecule has 0 saturated heterocycles. The van der Waals surface area contributed by atoms with Crippen molar-refractivity contribution in [1.29, 1.82) is 5.41 Å². The van der Waals surface area contributed by atoms with Gasteiger partial charge in [0, 0.05) is 9.64 Å². The molecule has 1 N–H and O–H groups in total. The molecule has 0 aliphatic carbocycles. The molecule has 0 fully saturated rings. The summed E-state index contributed by atoms with van der Waals surface area (Å²) in [5, 5.41) is 8.13. The van der Waals surface area contributed by atoms with E-state index < -0.39 is 10.1 Å². The third-order valence-corrected chi connectivity index (χ3v) is 6.16. The van der Waals surface area contributed by atoms with E-state index >= 15 is 0 Å². The van der Waals surface area contributed by atoms with Crippen molar-refractivity contribution in [1.82, 2.24) is 4.57 Å². The zero-order chi connectivity index (χ0) is 19.9. The predicted molar refractivity (Wildman–Crippen MR) is 113 cm³/mol. The third-order valence-electron chi connectivity index (χ3n) is 4.18. The number of nitrogens with one attached hydrogen (secondary N) is 1. The van der Waals surface area contributed by atoms with Crippen molar-refractivity contribution in [3.8, 4) is 11.4 Å². The molecule has 0 radical (unpaired) electrons. The van der Waals surface area contributed by atoms with E-state index in [1.807, 2.05) is 31.2 Å². The van der Waals surface area contributed by atoms with Crippen LogP contribution >= 0.6 is 22.6 Å². The molecule has 3 aromatic carbocycles. The zero-order valence-corrected chi connectivity index (χ0v) is 17.7. The smallest absolute Gasteiger partial charge is 0.339 e. The van der Waals surface area contributed by atoms with Crippen LogP contribution in [-0.4, -0.2) is 13.0 Å². The van der Waals surface area contributed by atoms with Crippen LogP contribution in [0.5, 0.6) is 5.75 Å². The summed E-state index contributed by atoms with van der Waals surface area (Å²) in [6.45, 7) is 1.88. The molecule has 0 atom stereocenters. The summed E-state index contributed by atoms with van der Waals surface area (Å²) < 4.78 is 38.6. The molecule has 6 nitrogen and oxygen atoms in total. The number of fused-ring (bicyclic) bond motifs is 1. The molecule has 0 unspecified atom stereocenters. The van der Waals surface area contributed by atoms with E-state index in [0.29, 0.717) is 11.1 Å². The lowest BCUT2D eigenvalue weighted by Gasteiger charge is -2.08. The molecule has 0 spiro atoms. The lowest BCUT2D eigenvalue weighted by molar-refractivity contribution is 0.486. The van der Waals surface area contributed by atoms with Crippen LogP contribution in [0.25, 0.3) is 16.8 Å². The highest BCUT2D eigenvalue weighted by Gasteiger charge is 2.18. The van der Waals surface area contributed by atoms with Gasteiger partial charge in [0.15, 0.2) is 5.58 Å². The maximum Gasteiger partial charge on any atom is 0.339 e. The quantitative estimate of drug-likeness (QED) is 0.329. The number of benzene rings is 3. The molecule has 4 rings (SSSR count). The van der Waals surface area contributed by atoms with Crippen LogP contribution < -0.4 is 9.87 Å². The van der Waals surface area contributed by atoms with E-state index in [2.05, 4.69) is 22.6 Å². The van der Waals surface area contributed by atoms with Crippen molar-refractivity contribution in [2.24, 2.45) is 0 Å². The molecular formula is C20H15IN2O4S. The Morgan fingerprint density at radius 2 is 1.68 bits per heavy atom. The Balaban J connectivity index is 1.77. The average Bonchev–Trinajstić information content (AvgIpc) is 2.98. The predicted octanol–water partition coefficient (Wildman–Crippen LogP) is 4.38. The van der Waals surface area contributed by atoms with E-state index in [-0.39, 0.29) is 16.3 Å². The first-order chi connectivity index (χ1) is 13.3. The fraction of sp³-hybridized carbons (Fsp3) is 0.0500. The molecule has 4 aromatic rings. The van der Waals surface area contributed by atoms with Gasteiger partial charge in [-0.1, -0.05) is 17.7 Å². The van der Waals surface area contributed by atoms with Gasteiger partial charge in [-0.3, -0.25) is 9.98 Å². The van der Waals surface area contributed by atoms with Crippen LogP contribution in [0.1, 0.15) is 5.56 Å². The molecule has 8 heteroatoms. The van der Waals surface area contributed by atoms with E-state index in [9.17, 15) is 8.42 Å². The zero-order valence-electron chi connectivity index (χ0n) is 14.7. The van der Waals surface area contributed by atoms with Crippen LogP contribution in [0.15, 0.2) is 76.0 Å². The van der Waals surface area contributed by atoms with Gasteiger partial charge >= 0.3 is 10.1 Å². The van der Waals surface area contributed by atoms with Crippen LogP contribution in [-0.2, 0) is 10.1 Å². The lowest BCUT2D eigenvalue weighted by Crippen LogP contribution is -2.12. The van der Waals surface area contributed by atoms with Crippen molar-refractivity contribution >= 4 is 43.8 Å². The van der Waals surface area contributed by atoms with Gasteiger partial charge in [-0.25, -0.2) is 0 Å². The minimum atomic E-state index is -3.96. The van der Waals surface area contributed by atoms with Crippen LogP contribution in [0.4, 0.5) is 0 Å². The number of oxazole rings is 1. The first kappa shape index (κ1) is 18.8. The van der Waals surface area contributed by atoms with Crippen molar-refractivity contribution < 1.29 is 17.0 Å². The molecule has 0 saturated carbocycles. The fourth-order valence-corrected chi connectivity index (χ4v) is 4.08. The van der Waals surface area contributed by atoms with Crippen LogP contribution in [0.2, 0.25) is 0 Å². The van der Waals surface area contributed by atoms with Gasteiger partial charge in [0.1, 0.15) is 10.6 Å². The molecule has 1 aromatic heterocycles. The second kappa shape index (κ2) is 7.10. The van der Waals surface area contributed by atoms with Crippen LogP contribution in [0, 0.1) is 15.9 Å². The Hall–Kier alpha value is -2.59. The second-order valence-electron chi connectivity index (χ2n) is 6.20. The average molecular weight is 506 g/mol. The van der Waals surface area contributed by atoms with E-state index in [1.54, 1.807) is 28.8 Å². The first-order valence-corrected chi connectivity index (χ1v) is 10.8. The van der Waals surface area contributed by atoms with Gasteiger partial charge in [0.05, 0.1) is 11.2 Å². The normalized spacial score (nSPS) is 11.6. The monoisotopic (exact) mass is 506 g/mol. The Morgan fingerprint density at radius 3 is 2.36 bits per heavy atom. The maximum absolute atomic E-state index is 12.6. The molecule has 28 heavy (non-hydrogen) atoms. The summed E-state index contributed by atoms with van der Waals surface area (Å²) >= 11 is 2.20. The number of halogens is 1. The van der Waals surface area contributed by atoms with E-state index in [1.165, 1.54) is 18.2 Å². The largest absolute Gasteiger partial charge is 0.423 e. The summed E-state index contributed by atoms with van der Waals surface area (Å²) in [6, 6.07) is 18.7. The highest BCUT2D eigenvalue weighted by atomic mass is 127. The first-order valence-electron chi connectivity index (χ1n) is 8.31. The Kier molecular flexibility index (Phi) is 4.76. The minimum absolute atomic E-state index is 0.0604. The molecular weight excluding hydrogens is 491 g/mol. The molecule has 0 aliphatic rings. The number of rotatable bonds is 4. The third kappa shape index (κ3) is 3.57. The van der Waals surface area contributed by atoms with Gasteiger partial charge in [-0.15, -0.1) is 0 Å². The minimum Gasteiger partial charge on any atom is -0.423 e. The van der Waals surface area contributed by atoms with Gasteiger partial charge in [0.2, 0.25) is 0 Å². The van der Waals surface area contributed by atoms with Crippen molar-refractivity contribution in [3.63, 3.8) is 0 Å². The summed E-state index contributed by atoms with van der Waals surface area (Å²) in [7, 11) is -3.96. The van der Waals surface area contributed by atoms with Gasteiger partial charge < -0.3 is 8.60 Å². The van der Waals surface area contributed by atoms with Gasteiger partial charge in [-0.05, 0) is 78.0 Å².